The third kappa shape index (κ3) is 2.77. The predicted octanol–water partition coefficient (Wildman–Crippen LogP) is 0.977. The van der Waals surface area contributed by atoms with Gasteiger partial charge in [0.05, 0.1) is 13.7 Å². The van der Waals surface area contributed by atoms with Crippen LogP contribution in [0.3, 0.4) is 0 Å². The van der Waals surface area contributed by atoms with Gasteiger partial charge in [-0.25, -0.2) is 0 Å². The number of hydrogen-bond donors (Lipinski definition) is 1. The van der Waals surface area contributed by atoms with Crippen LogP contribution in [0.15, 0.2) is 29.3 Å². The molecule has 1 aromatic rings. The summed E-state index contributed by atoms with van der Waals surface area (Å²) in [5.74, 6) is 1.96. The summed E-state index contributed by atoms with van der Waals surface area (Å²) < 4.78 is 5.24. The minimum Gasteiger partial charge on any atom is -0.497 e. The molecule has 0 aliphatic carbocycles. The van der Waals surface area contributed by atoms with Crippen LogP contribution >= 0.6 is 0 Å². The third-order valence-corrected chi connectivity index (χ3v) is 2.89. The van der Waals surface area contributed by atoms with Gasteiger partial charge in [-0.05, 0) is 19.2 Å². The second-order valence-corrected chi connectivity index (χ2v) is 4.03. The van der Waals surface area contributed by atoms with E-state index in [0.29, 0.717) is 0 Å². The van der Waals surface area contributed by atoms with E-state index in [1.807, 2.05) is 25.2 Å². The van der Waals surface area contributed by atoms with Crippen LogP contribution in [-0.4, -0.2) is 51.1 Å². The quantitative estimate of drug-likeness (QED) is 0.823. The SMILES string of the molecule is CNCCN1CCN=C1c1cccc(OC)c1. The molecule has 0 fully saturated rings. The van der Waals surface area contributed by atoms with Gasteiger partial charge in [-0.2, -0.15) is 0 Å². The Kier molecular flexibility index (Phi) is 3.98. The largest absolute Gasteiger partial charge is 0.497 e. The van der Waals surface area contributed by atoms with Crippen molar-refractivity contribution in [3.8, 4) is 5.75 Å². The molecule has 1 N–H and O–H groups in total. The second kappa shape index (κ2) is 5.68. The van der Waals surface area contributed by atoms with E-state index in [4.69, 9.17) is 4.74 Å². The number of ether oxygens (including phenoxy) is 1. The first-order valence-electron chi connectivity index (χ1n) is 5.93. The minimum absolute atomic E-state index is 0.880. The zero-order chi connectivity index (χ0) is 12.1. The molecule has 0 spiro atoms. The van der Waals surface area contributed by atoms with E-state index >= 15 is 0 Å². The first-order chi connectivity index (χ1) is 8.35. The molecule has 4 nitrogen and oxygen atoms in total. The lowest BCUT2D eigenvalue weighted by molar-refractivity contribution is 0.414. The molecule has 0 radical (unpaired) electrons. The summed E-state index contributed by atoms with van der Waals surface area (Å²) in [5, 5.41) is 3.17. The van der Waals surface area contributed by atoms with Gasteiger partial charge in [0, 0.05) is 25.2 Å². The zero-order valence-electron chi connectivity index (χ0n) is 10.4. The number of benzene rings is 1. The normalized spacial score (nSPS) is 14.9. The van der Waals surface area contributed by atoms with Crippen LogP contribution < -0.4 is 10.1 Å². The van der Waals surface area contributed by atoms with Crippen molar-refractivity contribution < 1.29 is 4.74 Å². The first-order valence-corrected chi connectivity index (χ1v) is 5.93. The number of aliphatic imine (C=N–C) groups is 1. The van der Waals surface area contributed by atoms with E-state index in [1.165, 1.54) is 0 Å². The van der Waals surface area contributed by atoms with E-state index in [2.05, 4.69) is 21.3 Å². The van der Waals surface area contributed by atoms with Crippen molar-refractivity contribution in [1.29, 1.82) is 0 Å². The van der Waals surface area contributed by atoms with E-state index in [-0.39, 0.29) is 0 Å². The number of methoxy groups -OCH3 is 1. The van der Waals surface area contributed by atoms with Crippen LogP contribution in [0.4, 0.5) is 0 Å². The van der Waals surface area contributed by atoms with Crippen molar-refractivity contribution >= 4 is 5.84 Å². The number of hydrogen-bond acceptors (Lipinski definition) is 4. The van der Waals surface area contributed by atoms with Crippen molar-refractivity contribution in [1.82, 2.24) is 10.2 Å². The zero-order valence-corrected chi connectivity index (χ0v) is 10.4. The Hall–Kier alpha value is -1.55. The maximum absolute atomic E-state index is 5.24. The molecule has 1 heterocycles. The number of rotatable bonds is 5. The molecule has 4 heteroatoms. The smallest absolute Gasteiger partial charge is 0.131 e. The Morgan fingerprint density at radius 1 is 1.47 bits per heavy atom. The molecule has 17 heavy (non-hydrogen) atoms. The maximum atomic E-state index is 5.24. The molecule has 0 bridgehead atoms. The van der Waals surface area contributed by atoms with Gasteiger partial charge in [0.1, 0.15) is 11.6 Å². The van der Waals surface area contributed by atoms with E-state index in [0.717, 1.165) is 43.3 Å². The standard InChI is InChI=1S/C13H19N3O/c1-14-6-8-16-9-7-15-13(16)11-4-3-5-12(10-11)17-2/h3-5,10,14H,6-9H2,1-2H3. The summed E-state index contributed by atoms with van der Waals surface area (Å²) in [6.07, 6.45) is 0. The summed E-state index contributed by atoms with van der Waals surface area (Å²) in [6.45, 7) is 3.86. The molecule has 0 saturated carbocycles. The lowest BCUT2D eigenvalue weighted by Gasteiger charge is -2.20. The van der Waals surface area contributed by atoms with Crippen molar-refractivity contribution in [3.63, 3.8) is 0 Å². The third-order valence-electron chi connectivity index (χ3n) is 2.89. The van der Waals surface area contributed by atoms with Crippen molar-refractivity contribution in [3.05, 3.63) is 29.8 Å². The highest BCUT2D eigenvalue weighted by Crippen LogP contribution is 2.17. The van der Waals surface area contributed by atoms with Gasteiger partial charge >= 0.3 is 0 Å². The Balaban J connectivity index is 2.14. The first kappa shape index (κ1) is 11.9. The van der Waals surface area contributed by atoms with Gasteiger partial charge in [0.2, 0.25) is 0 Å². The molecule has 1 aliphatic rings. The van der Waals surface area contributed by atoms with Gasteiger partial charge in [0.15, 0.2) is 0 Å². The van der Waals surface area contributed by atoms with Crippen LogP contribution in [-0.2, 0) is 0 Å². The van der Waals surface area contributed by atoms with Crippen molar-refractivity contribution in [2.45, 2.75) is 0 Å². The van der Waals surface area contributed by atoms with Crippen LogP contribution in [0.1, 0.15) is 5.56 Å². The van der Waals surface area contributed by atoms with Gasteiger partial charge in [-0.1, -0.05) is 12.1 Å². The number of nitrogens with one attached hydrogen (secondary N) is 1. The molecule has 0 atom stereocenters. The highest BCUT2D eigenvalue weighted by Gasteiger charge is 2.18. The summed E-state index contributed by atoms with van der Waals surface area (Å²) in [4.78, 5) is 6.89. The fourth-order valence-corrected chi connectivity index (χ4v) is 1.98. The fraction of sp³-hybridized carbons (Fsp3) is 0.462. The number of nitrogens with zero attached hydrogens (tertiary/aromatic N) is 2. The lowest BCUT2D eigenvalue weighted by Crippen LogP contribution is -2.34. The van der Waals surface area contributed by atoms with Crippen LogP contribution in [0.25, 0.3) is 0 Å². The van der Waals surface area contributed by atoms with Gasteiger partial charge in [-0.3, -0.25) is 4.99 Å². The molecule has 2 rings (SSSR count). The Morgan fingerprint density at radius 3 is 3.12 bits per heavy atom. The number of amidine groups is 1. The summed E-state index contributed by atoms with van der Waals surface area (Å²) in [6, 6.07) is 8.08. The molecule has 0 aromatic heterocycles. The average molecular weight is 233 g/mol. The minimum atomic E-state index is 0.880. The molecule has 1 aliphatic heterocycles. The predicted molar refractivity (Wildman–Crippen MR) is 69.9 cm³/mol. The van der Waals surface area contributed by atoms with Gasteiger partial charge in [0.25, 0.3) is 0 Å². The molecule has 0 amide bonds. The highest BCUT2D eigenvalue weighted by atomic mass is 16.5. The summed E-state index contributed by atoms with van der Waals surface area (Å²) in [5.41, 5.74) is 1.14. The average Bonchev–Trinajstić information content (AvgIpc) is 2.84. The van der Waals surface area contributed by atoms with Crippen molar-refractivity contribution in [2.75, 3.05) is 40.3 Å². The molecule has 0 unspecified atom stereocenters. The molecular weight excluding hydrogens is 214 g/mol. The molecular formula is C13H19N3O. The Bertz CT molecular complexity index is 403. The molecule has 0 saturated heterocycles. The second-order valence-electron chi connectivity index (χ2n) is 4.03. The van der Waals surface area contributed by atoms with Gasteiger partial charge in [-0.15, -0.1) is 0 Å². The lowest BCUT2D eigenvalue weighted by atomic mass is 10.2. The monoisotopic (exact) mass is 233 g/mol. The maximum Gasteiger partial charge on any atom is 0.131 e. The number of likely N-dealkylation sites (N-methyl/N-ethyl adjacent to an activating group) is 1. The Labute approximate surface area is 102 Å². The van der Waals surface area contributed by atoms with E-state index in [1.54, 1.807) is 7.11 Å². The van der Waals surface area contributed by atoms with Gasteiger partial charge < -0.3 is 15.0 Å². The van der Waals surface area contributed by atoms with Crippen LogP contribution in [0.2, 0.25) is 0 Å². The van der Waals surface area contributed by atoms with Crippen molar-refractivity contribution in [2.24, 2.45) is 4.99 Å². The van der Waals surface area contributed by atoms with Crippen LogP contribution in [0.5, 0.6) is 5.75 Å². The Morgan fingerprint density at radius 2 is 2.35 bits per heavy atom. The summed E-state index contributed by atoms with van der Waals surface area (Å²) >= 11 is 0. The van der Waals surface area contributed by atoms with Crippen LogP contribution in [0, 0.1) is 0 Å². The topological polar surface area (TPSA) is 36.9 Å². The molecule has 92 valence electrons. The fourth-order valence-electron chi connectivity index (χ4n) is 1.98. The highest BCUT2D eigenvalue weighted by molar-refractivity contribution is 6.00. The summed E-state index contributed by atoms with van der Waals surface area (Å²) in [7, 11) is 3.66. The molecule has 1 aromatic carbocycles. The van der Waals surface area contributed by atoms with E-state index in [9.17, 15) is 0 Å². The van der Waals surface area contributed by atoms with E-state index < -0.39 is 0 Å².